The Morgan fingerprint density at radius 2 is 2.04 bits per heavy atom. The van der Waals surface area contributed by atoms with E-state index in [0.717, 1.165) is 4.91 Å². The Kier molecular flexibility index (Phi) is 4.44. The Morgan fingerprint density at radius 1 is 1.31 bits per heavy atom. The van der Waals surface area contributed by atoms with Crippen molar-refractivity contribution in [3.05, 3.63) is 34.6 Å². The summed E-state index contributed by atoms with van der Waals surface area (Å²) < 4.78 is 5.04. The maximum absolute atomic E-state index is 13.3. The lowest BCUT2D eigenvalue weighted by Gasteiger charge is -2.37. The summed E-state index contributed by atoms with van der Waals surface area (Å²) in [6.45, 7) is 3.33. The first-order valence-corrected chi connectivity index (χ1v) is 9.65. The van der Waals surface area contributed by atoms with Crippen LogP contribution < -0.4 is 5.32 Å². The van der Waals surface area contributed by atoms with E-state index in [1.54, 1.807) is 11.8 Å². The van der Waals surface area contributed by atoms with Gasteiger partial charge in [-0.15, -0.1) is 11.8 Å². The number of allylic oxidation sites excluding steroid dienone is 4. The fourth-order valence-corrected chi connectivity index (χ4v) is 4.65. The van der Waals surface area contributed by atoms with Gasteiger partial charge in [0.15, 0.2) is 5.41 Å². The average molecular weight is 372 g/mol. The van der Waals surface area contributed by atoms with E-state index in [1.807, 2.05) is 29.7 Å². The summed E-state index contributed by atoms with van der Waals surface area (Å²) in [5, 5.41) is 13.6. The number of thioether (sulfide) groups is 1. The van der Waals surface area contributed by atoms with Gasteiger partial charge in [-0.1, -0.05) is 12.2 Å². The van der Waals surface area contributed by atoms with Gasteiger partial charge in [0.1, 0.15) is 0 Å². The fourth-order valence-electron chi connectivity index (χ4n) is 3.67. The van der Waals surface area contributed by atoms with Crippen LogP contribution in [0.4, 0.5) is 4.79 Å². The van der Waals surface area contributed by atoms with Gasteiger partial charge in [0.05, 0.1) is 18.0 Å². The Balaban J connectivity index is 1.46. The molecule has 1 saturated heterocycles. The quantitative estimate of drug-likeness (QED) is 0.823. The molecule has 0 aromatic carbocycles. The normalized spacial score (nSPS) is 26.7. The number of ether oxygens (including phenoxy) is 1. The molecule has 26 heavy (non-hydrogen) atoms. The Morgan fingerprint density at radius 3 is 2.77 bits per heavy atom. The van der Waals surface area contributed by atoms with Crippen LogP contribution in [0.3, 0.4) is 0 Å². The average Bonchev–Trinajstić information content (AvgIpc) is 3.04. The molecule has 4 aliphatic rings. The van der Waals surface area contributed by atoms with Gasteiger partial charge in [-0.05, 0) is 37.3 Å². The van der Waals surface area contributed by atoms with E-state index in [2.05, 4.69) is 15.5 Å². The van der Waals surface area contributed by atoms with Crippen molar-refractivity contribution in [3.8, 4) is 0 Å². The molecule has 7 nitrogen and oxygen atoms in total. The highest BCUT2D eigenvalue weighted by Gasteiger charge is 2.55. The predicted octanol–water partition coefficient (Wildman–Crippen LogP) is 2.23. The third kappa shape index (κ3) is 2.59. The van der Waals surface area contributed by atoms with Crippen LogP contribution >= 0.6 is 11.8 Å². The van der Waals surface area contributed by atoms with Crippen molar-refractivity contribution in [1.29, 1.82) is 0 Å². The molecule has 1 aliphatic carbocycles. The highest BCUT2D eigenvalue weighted by atomic mass is 32.2. The summed E-state index contributed by atoms with van der Waals surface area (Å²) in [5.74, 6) is -0.0884. The van der Waals surface area contributed by atoms with E-state index in [0.29, 0.717) is 44.0 Å². The molecule has 4 rings (SSSR count). The largest absolute Gasteiger partial charge is 0.450 e. The van der Waals surface area contributed by atoms with E-state index in [4.69, 9.17) is 4.74 Å². The third-order valence-electron chi connectivity index (χ3n) is 5.02. The highest BCUT2D eigenvalue weighted by Crippen LogP contribution is 2.47. The van der Waals surface area contributed by atoms with Crippen molar-refractivity contribution < 1.29 is 14.3 Å². The number of nitrogens with zero attached hydrogens (tertiary/aromatic N) is 3. The maximum atomic E-state index is 13.3. The van der Waals surface area contributed by atoms with E-state index < -0.39 is 5.41 Å². The molecule has 0 aromatic heterocycles. The molecule has 0 spiro atoms. The van der Waals surface area contributed by atoms with Crippen LogP contribution in [0.25, 0.3) is 0 Å². The van der Waals surface area contributed by atoms with Crippen LogP contribution in [0, 0.1) is 5.41 Å². The highest BCUT2D eigenvalue weighted by molar-refractivity contribution is 8.06. The van der Waals surface area contributed by atoms with Crippen molar-refractivity contribution in [2.75, 3.05) is 19.7 Å². The van der Waals surface area contributed by atoms with Gasteiger partial charge in [0.2, 0.25) is 5.91 Å². The number of carbonyl (C=O) groups excluding carboxylic acids is 2. The Labute approximate surface area is 155 Å². The first kappa shape index (κ1) is 17.1. The Bertz CT molecular complexity index is 790. The van der Waals surface area contributed by atoms with Gasteiger partial charge in [-0.2, -0.15) is 10.2 Å². The molecule has 3 heterocycles. The number of hydrogen-bond acceptors (Lipinski definition) is 6. The van der Waals surface area contributed by atoms with Crippen LogP contribution in [-0.4, -0.2) is 54.1 Å². The maximum Gasteiger partial charge on any atom is 0.409 e. The van der Waals surface area contributed by atoms with E-state index in [1.165, 1.54) is 11.8 Å². The molecule has 1 N–H and O–H groups in total. The summed E-state index contributed by atoms with van der Waals surface area (Å²) >= 11 is 1.53. The first-order chi connectivity index (χ1) is 12.7. The van der Waals surface area contributed by atoms with Crippen molar-refractivity contribution in [1.82, 2.24) is 10.2 Å². The number of carbonyl (C=O) groups is 2. The van der Waals surface area contributed by atoms with Crippen LogP contribution in [0.2, 0.25) is 0 Å². The zero-order valence-corrected chi connectivity index (χ0v) is 15.3. The lowest BCUT2D eigenvalue weighted by molar-refractivity contribution is -0.124. The van der Waals surface area contributed by atoms with Gasteiger partial charge in [-0.25, -0.2) is 4.79 Å². The van der Waals surface area contributed by atoms with Gasteiger partial charge in [0, 0.05) is 24.0 Å². The van der Waals surface area contributed by atoms with E-state index in [-0.39, 0.29) is 18.0 Å². The first-order valence-electron chi connectivity index (χ1n) is 8.77. The number of piperidine rings is 1. The van der Waals surface area contributed by atoms with Gasteiger partial charge in [0.25, 0.3) is 0 Å². The summed E-state index contributed by atoms with van der Waals surface area (Å²) in [7, 11) is 0. The number of amides is 2. The predicted molar refractivity (Wildman–Crippen MR) is 101 cm³/mol. The molecular weight excluding hydrogens is 352 g/mol. The standard InChI is InChI=1S/C18H20N4O3S/c1-2-25-17(24)22-9-6-12(7-10-22)19-16(23)18-13-4-3-5-15(18)26-11-8-14(18)21-20-13/h3-5,8,11-12H,2,6-7,9-10H2,1H3,(H,19,23). The second-order valence-corrected chi connectivity index (χ2v) is 7.41. The minimum Gasteiger partial charge on any atom is -0.450 e. The topological polar surface area (TPSA) is 83.4 Å². The molecule has 0 saturated carbocycles. The monoisotopic (exact) mass is 372 g/mol. The summed E-state index contributed by atoms with van der Waals surface area (Å²) in [4.78, 5) is 27.7. The molecular formula is C18H20N4O3S. The van der Waals surface area contributed by atoms with Gasteiger partial charge < -0.3 is 15.0 Å². The smallest absolute Gasteiger partial charge is 0.409 e. The molecule has 0 aromatic rings. The number of likely N-dealkylation sites (tertiary alicyclic amines) is 1. The molecule has 1 unspecified atom stereocenters. The number of rotatable bonds is 3. The van der Waals surface area contributed by atoms with Crippen LogP contribution in [-0.2, 0) is 9.53 Å². The van der Waals surface area contributed by atoms with Gasteiger partial charge in [-0.3, -0.25) is 4.79 Å². The molecule has 2 amide bonds. The molecule has 136 valence electrons. The molecule has 3 aliphatic heterocycles. The molecule has 1 fully saturated rings. The summed E-state index contributed by atoms with van der Waals surface area (Å²) in [6.07, 6.45) is 8.70. The van der Waals surface area contributed by atoms with Crippen LogP contribution in [0.5, 0.6) is 0 Å². The number of hydrogen-bond donors (Lipinski definition) is 1. The SMILES string of the molecule is CCOC(=O)N1CCC(NC(=O)C23C4=CC=CC2=NN=C3C=CS4)CC1. The van der Waals surface area contributed by atoms with Crippen LogP contribution in [0.1, 0.15) is 19.8 Å². The van der Waals surface area contributed by atoms with E-state index in [9.17, 15) is 9.59 Å². The van der Waals surface area contributed by atoms with Crippen molar-refractivity contribution in [2.45, 2.75) is 25.8 Å². The lowest BCUT2D eigenvalue weighted by atomic mass is 9.74. The van der Waals surface area contributed by atoms with Crippen molar-refractivity contribution >= 4 is 35.2 Å². The van der Waals surface area contributed by atoms with E-state index >= 15 is 0 Å². The van der Waals surface area contributed by atoms with Gasteiger partial charge >= 0.3 is 6.09 Å². The molecule has 8 heteroatoms. The third-order valence-corrected chi connectivity index (χ3v) is 5.99. The Hall–Kier alpha value is -2.35. The summed E-state index contributed by atoms with van der Waals surface area (Å²) in [5.41, 5.74) is 0.429. The second kappa shape index (κ2) is 6.75. The van der Waals surface area contributed by atoms with Crippen LogP contribution in [0.15, 0.2) is 44.8 Å². The number of nitrogens with one attached hydrogen (secondary N) is 1. The fraction of sp³-hybridized carbons (Fsp3) is 0.444. The zero-order valence-electron chi connectivity index (χ0n) is 14.5. The molecule has 0 radical (unpaired) electrons. The van der Waals surface area contributed by atoms with Crippen molar-refractivity contribution in [2.24, 2.45) is 15.6 Å². The molecule has 1 atom stereocenters. The lowest BCUT2D eigenvalue weighted by Crippen LogP contribution is -2.55. The summed E-state index contributed by atoms with van der Waals surface area (Å²) in [6, 6.07) is 0.0196. The minimum absolute atomic E-state index is 0.0196. The minimum atomic E-state index is -0.910. The van der Waals surface area contributed by atoms with Crippen molar-refractivity contribution in [3.63, 3.8) is 0 Å². The zero-order chi connectivity index (χ0) is 18.1. The second-order valence-electron chi connectivity index (χ2n) is 6.46. The molecule has 0 bridgehead atoms.